The zero-order chi connectivity index (χ0) is 14.6. The molecule has 1 aliphatic carbocycles. The molecule has 1 aromatic carbocycles. The van der Waals surface area contributed by atoms with Gasteiger partial charge in [0.25, 0.3) is 0 Å². The molecular formula is C17H26N2O. The van der Waals surface area contributed by atoms with Crippen LogP contribution in [0.4, 0.5) is 0 Å². The maximum Gasteiger partial charge on any atom is 0.233 e. The number of nitrogens with two attached hydrogens (primary N) is 1. The Morgan fingerprint density at radius 1 is 1.25 bits per heavy atom. The average Bonchev–Trinajstić information content (AvgIpc) is 3.29. The summed E-state index contributed by atoms with van der Waals surface area (Å²) in [5.41, 5.74) is 6.62. The van der Waals surface area contributed by atoms with Gasteiger partial charge in [-0.1, -0.05) is 44.2 Å². The maximum atomic E-state index is 13.0. The largest absolute Gasteiger partial charge is 0.338 e. The van der Waals surface area contributed by atoms with Gasteiger partial charge in [-0.25, -0.2) is 0 Å². The molecule has 1 aromatic rings. The Labute approximate surface area is 122 Å². The second kappa shape index (κ2) is 6.40. The molecule has 1 aliphatic rings. The summed E-state index contributed by atoms with van der Waals surface area (Å²) in [6, 6.07) is 10.5. The summed E-state index contributed by atoms with van der Waals surface area (Å²) >= 11 is 0. The second-order valence-corrected chi connectivity index (χ2v) is 5.71. The van der Waals surface area contributed by atoms with Crippen molar-refractivity contribution >= 4 is 5.91 Å². The second-order valence-electron chi connectivity index (χ2n) is 5.71. The highest BCUT2D eigenvalue weighted by Crippen LogP contribution is 2.49. The topological polar surface area (TPSA) is 46.3 Å². The number of hydrogen-bond acceptors (Lipinski definition) is 2. The minimum absolute atomic E-state index is 0.265. The lowest BCUT2D eigenvalue weighted by atomic mass is 9.93. The van der Waals surface area contributed by atoms with Gasteiger partial charge in [0.15, 0.2) is 0 Å². The molecule has 0 atom stereocenters. The summed E-state index contributed by atoms with van der Waals surface area (Å²) in [7, 11) is 0. The van der Waals surface area contributed by atoms with Gasteiger partial charge in [0.05, 0.1) is 5.41 Å². The summed E-state index contributed by atoms with van der Waals surface area (Å²) in [5, 5.41) is 0. The van der Waals surface area contributed by atoms with E-state index in [4.69, 9.17) is 5.73 Å². The number of carbonyl (C=O) groups is 1. The molecule has 0 bridgehead atoms. The van der Waals surface area contributed by atoms with E-state index in [2.05, 4.69) is 26.0 Å². The molecular weight excluding hydrogens is 248 g/mol. The number of benzene rings is 1. The molecule has 0 saturated heterocycles. The lowest BCUT2D eigenvalue weighted by Crippen LogP contribution is -2.47. The van der Waals surface area contributed by atoms with Gasteiger partial charge in [-0.15, -0.1) is 0 Å². The molecule has 1 saturated carbocycles. The highest BCUT2D eigenvalue weighted by Gasteiger charge is 2.53. The Bertz CT molecular complexity index is 436. The van der Waals surface area contributed by atoms with Crippen molar-refractivity contribution in [1.29, 1.82) is 0 Å². The van der Waals surface area contributed by atoms with Crippen LogP contribution >= 0.6 is 0 Å². The van der Waals surface area contributed by atoms with Crippen molar-refractivity contribution in [2.75, 3.05) is 13.1 Å². The van der Waals surface area contributed by atoms with E-state index in [1.54, 1.807) is 0 Å². The van der Waals surface area contributed by atoms with E-state index in [0.29, 0.717) is 19.1 Å². The normalized spacial score (nSPS) is 16.2. The molecule has 110 valence electrons. The van der Waals surface area contributed by atoms with Crippen molar-refractivity contribution in [3.05, 3.63) is 35.9 Å². The van der Waals surface area contributed by atoms with Gasteiger partial charge in [0.2, 0.25) is 5.91 Å². The molecule has 0 unspecified atom stereocenters. The third-order valence-electron chi connectivity index (χ3n) is 4.50. The van der Waals surface area contributed by atoms with Crippen LogP contribution in [0.25, 0.3) is 0 Å². The van der Waals surface area contributed by atoms with Crippen molar-refractivity contribution in [2.45, 2.75) is 51.0 Å². The quantitative estimate of drug-likeness (QED) is 0.831. The fourth-order valence-corrected chi connectivity index (χ4v) is 3.10. The third kappa shape index (κ3) is 2.73. The molecule has 2 N–H and O–H groups in total. The first kappa shape index (κ1) is 15.0. The standard InChI is InChI=1S/C17H26N2O/c1-3-15(4-2)19(13-12-18)16(20)17(10-11-17)14-8-6-5-7-9-14/h5-9,15H,3-4,10-13,18H2,1-2H3. The van der Waals surface area contributed by atoms with Crippen molar-refractivity contribution in [1.82, 2.24) is 4.90 Å². The van der Waals surface area contributed by atoms with Crippen LogP contribution in [-0.4, -0.2) is 29.9 Å². The van der Waals surface area contributed by atoms with E-state index in [1.807, 2.05) is 23.1 Å². The number of amides is 1. The number of carbonyl (C=O) groups excluding carboxylic acids is 1. The Morgan fingerprint density at radius 2 is 1.85 bits per heavy atom. The van der Waals surface area contributed by atoms with Crippen molar-refractivity contribution in [3.63, 3.8) is 0 Å². The Kier molecular flexibility index (Phi) is 4.81. The number of hydrogen-bond donors (Lipinski definition) is 1. The first-order valence-electron chi connectivity index (χ1n) is 7.76. The van der Waals surface area contributed by atoms with Gasteiger partial charge >= 0.3 is 0 Å². The van der Waals surface area contributed by atoms with Gasteiger partial charge in [-0.05, 0) is 31.2 Å². The summed E-state index contributed by atoms with van der Waals surface area (Å²) in [5.74, 6) is 0.280. The molecule has 2 rings (SSSR count). The van der Waals surface area contributed by atoms with Gasteiger partial charge in [-0.2, -0.15) is 0 Å². The predicted octanol–water partition coefficient (Wildman–Crippen LogP) is 2.69. The first-order valence-corrected chi connectivity index (χ1v) is 7.76. The Balaban J connectivity index is 2.23. The fraction of sp³-hybridized carbons (Fsp3) is 0.588. The smallest absolute Gasteiger partial charge is 0.233 e. The van der Waals surface area contributed by atoms with E-state index < -0.39 is 0 Å². The van der Waals surface area contributed by atoms with Gasteiger partial charge in [0.1, 0.15) is 0 Å². The van der Waals surface area contributed by atoms with Crippen LogP contribution in [0.1, 0.15) is 45.1 Å². The SMILES string of the molecule is CCC(CC)N(CCN)C(=O)C1(c2ccccc2)CC1. The zero-order valence-electron chi connectivity index (χ0n) is 12.6. The lowest BCUT2D eigenvalue weighted by molar-refractivity contribution is -0.136. The summed E-state index contributed by atoms with van der Waals surface area (Å²) in [4.78, 5) is 15.1. The molecule has 0 spiro atoms. The van der Waals surface area contributed by atoms with E-state index in [-0.39, 0.29) is 11.3 Å². The van der Waals surface area contributed by atoms with Gasteiger partial charge < -0.3 is 10.6 Å². The van der Waals surface area contributed by atoms with Crippen LogP contribution in [0.15, 0.2) is 30.3 Å². The van der Waals surface area contributed by atoms with Gasteiger partial charge in [0, 0.05) is 19.1 Å². The third-order valence-corrected chi connectivity index (χ3v) is 4.50. The van der Waals surface area contributed by atoms with Crippen LogP contribution in [0.2, 0.25) is 0 Å². The fourth-order valence-electron chi connectivity index (χ4n) is 3.10. The van der Waals surface area contributed by atoms with Crippen molar-refractivity contribution < 1.29 is 4.79 Å². The van der Waals surface area contributed by atoms with Crippen LogP contribution in [-0.2, 0) is 10.2 Å². The Hall–Kier alpha value is -1.35. The highest BCUT2D eigenvalue weighted by atomic mass is 16.2. The summed E-state index contributed by atoms with van der Waals surface area (Å²) in [6.07, 6.45) is 3.92. The van der Waals surface area contributed by atoms with Crippen LogP contribution < -0.4 is 5.73 Å². The molecule has 1 fully saturated rings. The molecule has 0 aliphatic heterocycles. The summed E-state index contributed by atoms with van der Waals surface area (Å²) < 4.78 is 0. The molecule has 3 heteroatoms. The van der Waals surface area contributed by atoms with Gasteiger partial charge in [-0.3, -0.25) is 4.79 Å². The van der Waals surface area contributed by atoms with E-state index in [0.717, 1.165) is 31.2 Å². The van der Waals surface area contributed by atoms with E-state index in [1.165, 1.54) is 0 Å². The van der Waals surface area contributed by atoms with Crippen LogP contribution in [0.5, 0.6) is 0 Å². The molecule has 3 nitrogen and oxygen atoms in total. The summed E-state index contributed by atoms with van der Waals surface area (Å²) in [6.45, 7) is 5.49. The molecule has 20 heavy (non-hydrogen) atoms. The van der Waals surface area contributed by atoms with E-state index >= 15 is 0 Å². The van der Waals surface area contributed by atoms with Crippen LogP contribution in [0.3, 0.4) is 0 Å². The molecule has 0 heterocycles. The molecule has 0 radical (unpaired) electrons. The number of rotatable bonds is 7. The predicted molar refractivity (Wildman–Crippen MR) is 82.5 cm³/mol. The molecule has 1 amide bonds. The lowest BCUT2D eigenvalue weighted by Gasteiger charge is -2.33. The highest BCUT2D eigenvalue weighted by molar-refractivity contribution is 5.91. The number of nitrogens with zero attached hydrogens (tertiary/aromatic N) is 1. The Morgan fingerprint density at radius 3 is 2.30 bits per heavy atom. The maximum absolute atomic E-state index is 13.0. The first-order chi connectivity index (χ1) is 9.69. The average molecular weight is 274 g/mol. The zero-order valence-corrected chi connectivity index (χ0v) is 12.6. The van der Waals surface area contributed by atoms with Crippen LogP contribution in [0, 0.1) is 0 Å². The molecule has 0 aromatic heterocycles. The van der Waals surface area contributed by atoms with Crippen molar-refractivity contribution in [3.8, 4) is 0 Å². The van der Waals surface area contributed by atoms with E-state index in [9.17, 15) is 4.79 Å². The minimum atomic E-state index is -0.265. The van der Waals surface area contributed by atoms with Crippen molar-refractivity contribution in [2.24, 2.45) is 5.73 Å². The monoisotopic (exact) mass is 274 g/mol. The minimum Gasteiger partial charge on any atom is -0.338 e.